The van der Waals surface area contributed by atoms with Crippen LogP contribution in [0.4, 0.5) is 17.6 Å². The number of benzene rings is 2. The Labute approximate surface area is 154 Å². The van der Waals surface area contributed by atoms with E-state index < -0.39 is 36.0 Å². The van der Waals surface area contributed by atoms with Crippen LogP contribution >= 0.6 is 15.9 Å². The Kier molecular flexibility index (Phi) is 6.36. The molecule has 2 aromatic rings. The molecule has 0 fully saturated rings. The topological polar surface area (TPSA) is 55.4 Å². The second kappa shape index (κ2) is 8.31. The average molecular weight is 434 g/mol. The first-order chi connectivity index (χ1) is 12.2. The summed E-state index contributed by atoms with van der Waals surface area (Å²) in [4.78, 5) is 23.4. The molecule has 0 radical (unpaired) electrons. The van der Waals surface area contributed by atoms with Crippen molar-refractivity contribution in [3.05, 3.63) is 69.4 Å². The number of halogens is 5. The van der Waals surface area contributed by atoms with Crippen LogP contribution < -0.4 is 5.32 Å². The molecule has 1 amide bonds. The second-order valence-electron chi connectivity index (χ2n) is 5.15. The van der Waals surface area contributed by atoms with Gasteiger partial charge in [-0.3, -0.25) is 9.59 Å². The predicted octanol–water partition coefficient (Wildman–Crippen LogP) is 4.08. The van der Waals surface area contributed by atoms with Crippen LogP contribution in [0.25, 0.3) is 0 Å². The quantitative estimate of drug-likeness (QED) is 0.570. The number of esters is 1. The molecular weight excluding hydrogens is 422 g/mol. The van der Waals surface area contributed by atoms with Crippen LogP contribution in [-0.2, 0) is 22.3 Å². The second-order valence-corrected chi connectivity index (χ2v) is 6.07. The number of alkyl halides is 3. The highest BCUT2D eigenvalue weighted by molar-refractivity contribution is 9.10. The molecule has 0 unspecified atom stereocenters. The average Bonchev–Trinajstić information content (AvgIpc) is 2.58. The van der Waals surface area contributed by atoms with Gasteiger partial charge in [0.25, 0.3) is 5.91 Å². The summed E-state index contributed by atoms with van der Waals surface area (Å²) >= 11 is 3.10. The van der Waals surface area contributed by atoms with Crippen molar-refractivity contribution < 1.29 is 31.9 Å². The first kappa shape index (κ1) is 19.9. The fourth-order valence-corrected chi connectivity index (χ4v) is 2.25. The maximum atomic E-state index is 13.6. The molecular formula is C17H12BrF4NO3. The van der Waals surface area contributed by atoms with Crippen LogP contribution in [0.5, 0.6) is 0 Å². The minimum absolute atomic E-state index is 0.0373. The van der Waals surface area contributed by atoms with Crippen LogP contribution in [0.15, 0.2) is 46.9 Å². The van der Waals surface area contributed by atoms with Crippen LogP contribution in [-0.4, -0.2) is 18.4 Å². The summed E-state index contributed by atoms with van der Waals surface area (Å²) in [7, 11) is 0. The van der Waals surface area contributed by atoms with Gasteiger partial charge in [-0.2, -0.15) is 13.2 Å². The van der Waals surface area contributed by atoms with E-state index in [1.165, 1.54) is 12.1 Å². The Hall–Kier alpha value is -2.42. The van der Waals surface area contributed by atoms with Gasteiger partial charge in [-0.05, 0) is 36.4 Å². The van der Waals surface area contributed by atoms with Gasteiger partial charge >= 0.3 is 12.1 Å². The van der Waals surface area contributed by atoms with Gasteiger partial charge in [0, 0.05) is 15.6 Å². The van der Waals surface area contributed by atoms with Crippen molar-refractivity contribution in [2.24, 2.45) is 0 Å². The first-order valence-corrected chi connectivity index (χ1v) is 8.01. The predicted molar refractivity (Wildman–Crippen MR) is 87.7 cm³/mol. The van der Waals surface area contributed by atoms with Crippen LogP contribution in [0.1, 0.15) is 21.5 Å². The highest BCUT2D eigenvalue weighted by Crippen LogP contribution is 2.29. The SMILES string of the molecule is O=C(CNC(=O)c1ccc(C(F)(F)F)cc1)OCc1ccc(Br)cc1F. The standard InChI is InChI=1S/C17H12BrF4NO3/c18-13-6-3-11(14(19)7-13)9-26-15(24)8-23-16(25)10-1-4-12(5-2-10)17(20,21)22/h1-7H,8-9H2,(H,23,25). The van der Waals surface area contributed by atoms with E-state index in [1.54, 1.807) is 6.07 Å². The fraction of sp³-hybridized carbons (Fsp3) is 0.176. The van der Waals surface area contributed by atoms with Gasteiger partial charge in [-0.15, -0.1) is 0 Å². The van der Waals surface area contributed by atoms with Gasteiger partial charge in [0.1, 0.15) is 19.0 Å². The number of amides is 1. The van der Waals surface area contributed by atoms with Crippen molar-refractivity contribution in [2.75, 3.05) is 6.54 Å². The summed E-state index contributed by atoms with van der Waals surface area (Å²) in [6.45, 7) is -0.813. The Morgan fingerprint density at radius 1 is 1.08 bits per heavy atom. The van der Waals surface area contributed by atoms with E-state index in [-0.39, 0.29) is 17.7 Å². The van der Waals surface area contributed by atoms with E-state index in [0.29, 0.717) is 4.47 Å². The zero-order valence-electron chi connectivity index (χ0n) is 13.1. The van der Waals surface area contributed by atoms with Crippen molar-refractivity contribution in [2.45, 2.75) is 12.8 Å². The number of nitrogens with one attached hydrogen (secondary N) is 1. The lowest BCUT2D eigenvalue weighted by atomic mass is 10.1. The molecule has 1 N–H and O–H groups in total. The largest absolute Gasteiger partial charge is 0.459 e. The maximum absolute atomic E-state index is 13.6. The van der Waals surface area contributed by atoms with Crippen molar-refractivity contribution in [3.8, 4) is 0 Å². The van der Waals surface area contributed by atoms with Crippen LogP contribution in [0.3, 0.4) is 0 Å². The number of carbonyl (C=O) groups is 2. The summed E-state index contributed by atoms with van der Waals surface area (Å²) in [6, 6.07) is 7.77. The molecule has 0 atom stereocenters. The van der Waals surface area contributed by atoms with E-state index in [0.717, 1.165) is 24.3 Å². The smallest absolute Gasteiger partial charge is 0.416 e. The third-order valence-electron chi connectivity index (χ3n) is 3.27. The van der Waals surface area contributed by atoms with Gasteiger partial charge in [0.15, 0.2) is 0 Å². The zero-order chi connectivity index (χ0) is 19.3. The van der Waals surface area contributed by atoms with Crippen molar-refractivity contribution in [1.29, 1.82) is 0 Å². The molecule has 0 spiro atoms. The number of carbonyl (C=O) groups excluding carboxylic acids is 2. The number of hydrogen-bond donors (Lipinski definition) is 1. The van der Waals surface area contributed by atoms with E-state index in [9.17, 15) is 27.2 Å². The highest BCUT2D eigenvalue weighted by Gasteiger charge is 2.30. The van der Waals surface area contributed by atoms with E-state index >= 15 is 0 Å². The summed E-state index contributed by atoms with van der Waals surface area (Å²) in [6.07, 6.45) is -4.50. The van der Waals surface area contributed by atoms with Gasteiger partial charge in [0.05, 0.1) is 5.56 Å². The molecule has 2 rings (SSSR count). The molecule has 0 aliphatic carbocycles. The third kappa shape index (κ3) is 5.55. The van der Waals surface area contributed by atoms with Crippen molar-refractivity contribution in [1.82, 2.24) is 5.32 Å². The van der Waals surface area contributed by atoms with Crippen molar-refractivity contribution in [3.63, 3.8) is 0 Å². The van der Waals surface area contributed by atoms with Crippen molar-refractivity contribution >= 4 is 27.8 Å². The molecule has 9 heteroatoms. The lowest BCUT2D eigenvalue weighted by molar-refractivity contribution is -0.143. The molecule has 26 heavy (non-hydrogen) atoms. The molecule has 2 aromatic carbocycles. The number of hydrogen-bond acceptors (Lipinski definition) is 3. The Morgan fingerprint density at radius 3 is 2.31 bits per heavy atom. The Balaban J connectivity index is 1.84. The molecule has 138 valence electrons. The van der Waals surface area contributed by atoms with Gasteiger partial charge in [-0.1, -0.05) is 22.0 Å². The summed E-state index contributed by atoms with van der Waals surface area (Å²) in [5.74, 6) is -2.10. The maximum Gasteiger partial charge on any atom is 0.416 e. The lowest BCUT2D eigenvalue weighted by Crippen LogP contribution is -2.30. The molecule has 4 nitrogen and oxygen atoms in total. The van der Waals surface area contributed by atoms with Gasteiger partial charge in [-0.25, -0.2) is 4.39 Å². The number of ether oxygens (including phenoxy) is 1. The van der Waals surface area contributed by atoms with E-state index in [1.807, 2.05) is 0 Å². The Morgan fingerprint density at radius 2 is 1.73 bits per heavy atom. The zero-order valence-corrected chi connectivity index (χ0v) is 14.7. The molecule has 0 aromatic heterocycles. The highest BCUT2D eigenvalue weighted by atomic mass is 79.9. The van der Waals surface area contributed by atoms with Crippen LogP contribution in [0.2, 0.25) is 0 Å². The lowest BCUT2D eigenvalue weighted by Gasteiger charge is -2.09. The van der Waals surface area contributed by atoms with Gasteiger partial charge in [0.2, 0.25) is 0 Å². The molecule has 0 aliphatic heterocycles. The third-order valence-corrected chi connectivity index (χ3v) is 3.76. The molecule has 0 heterocycles. The summed E-state index contributed by atoms with van der Waals surface area (Å²) in [5, 5.41) is 2.22. The first-order valence-electron chi connectivity index (χ1n) is 7.22. The monoisotopic (exact) mass is 433 g/mol. The van der Waals surface area contributed by atoms with E-state index in [4.69, 9.17) is 4.74 Å². The molecule has 0 saturated heterocycles. The van der Waals surface area contributed by atoms with E-state index in [2.05, 4.69) is 21.2 Å². The molecule has 0 aliphatic rings. The van der Waals surface area contributed by atoms with Crippen LogP contribution in [0, 0.1) is 5.82 Å². The minimum Gasteiger partial charge on any atom is -0.459 e. The molecule has 0 bridgehead atoms. The normalized spacial score (nSPS) is 11.1. The Bertz CT molecular complexity index is 807. The molecule has 0 saturated carbocycles. The minimum atomic E-state index is -4.50. The van der Waals surface area contributed by atoms with Gasteiger partial charge < -0.3 is 10.1 Å². The number of rotatable bonds is 5. The summed E-state index contributed by atoms with van der Waals surface area (Å²) < 4.78 is 56.3. The summed E-state index contributed by atoms with van der Waals surface area (Å²) in [5.41, 5.74) is -0.759. The fourth-order valence-electron chi connectivity index (χ4n) is 1.91.